The molecule has 0 bridgehead atoms. The molecule has 4 aromatic rings. The number of rotatable bonds is 6. The van der Waals surface area contributed by atoms with E-state index in [9.17, 15) is 9.59 Å². The Morgan fingerprint density at radius 1 is 1.03 bits per heavy atom. The monoisotopic (exact) mass is 423 g/mol. The number of thiazole rings is 1. The molecule has 29 heavy (non-hydrogen) atoms. The number of hydrogen-bond acceptors (Lipinski definition) is 6. The fourth-order valence-corrected chi connectivity index (χ4v) is 4.15. The largest absolute Gasteiger partial charge is 0.459 e. The Kier molecular flexibility index (Phi) is 5.55. The van der Waals surface area contributed by atoms with Crippen molar-refractivity contribution in [3.8, 4) is 11.3 Å². The van der Waals surface area contributed by atoms with Gasteiger partial charge in [0.1, 0.15) is 0 Å². The van der Waals surface area contributed by atoms with Crippen molar-refractivity contribution in [1.29, 1.82) is 0 Å². The SMILES string of the molecule is CCc1ccc(-c2csc(NC(=O)c3ccc(NC(=O)c4ccco4)s3)n2)cc1. The second-order valence-corrected chi connectivity index (χ2v) is 8.08. The number of aromatic nitrogens is 1. The van der Waals surface area contributed by atoms with Crippen molar-refractivity contribution in [1.82, 2.24) is 4.98 Å². The fraction of sp³-hybridized carbons (Fsp3) is 0.0952. The van der Waals surface area contributed by atoms with Gasteiger partial charge in [0.25, 0.3) is 11.8 Å². The van der Waals surface area contributed by atoms with Crippen molar-refractivity contribution in [2.24, 2.45) is 0 Å². The molecule has 0 saturated heterocycles. The van der Waals surface area contributed by atoms with Crippen LogP contribution in [0.25, 0.3) is 11.3 Å². The molecule has 3 heterocycles. The molecule has 2 amide bonds. The van der Waals surface area contributed by atoms with E-state index >= 15 is 0 Å². The number of carbonyl (C=O) groups excluding carboxylic acids is 2. The van der Waals surface area contributed by atoms with Crippen LogP contribution in [0.1, 0.15) is 32.7 Å². The first kappa shape index (κ1) is 19.1. The Bertz CT molecular complexity index is 1130. The van der Waals surface area contributed by atoms with Crippen LogP contribution in [0.2, 0.25) is 0 Å². The average molecular weight is 424 g/mol. The van der Waals surface area contributed by atoms with Crippen LogP contribution in [0.5, 0.6) is 0 Å². The summed E-state index contributed by atoms with van der Waals surface area (Å²) in [5.41, 5.74) is 3.11. The average Bonchev–Trinajstić information content (AvgIpc) is 3.49. The minimum atomic E-state index is -0.359. The van der Waals surface area contributed by atoms with E-state index in [1.807, 2.05) is 17.5 Å². The van der Waals surface area contributed by atoms with Gasteiger partial charge >= 0.3 is 0 Å². The molecule has 0 fully saturated rings. The third kappa shape index (κ3) is 4.44. The van der Waals surface area contributed by atoms with Gasteiger partial charge in [0.15, 0.2) is 10.9 Å². The molecule has 0 aliphatic rings. The summed E-state index contributed by atoms with van der Waals surface area (Å²) in [5.74, 6) is -0.412. The Morgan fingerprint density at radius 2 is 1.86 bits per heavy atom. The van der Waals surface area contributed by atoms with Crippen molar-refractivity contribution < 1.29 is 14.0 Å². The van der Waals surface area contributed by atoms with Gasteiger partial charge in [0, 0.05) is 10.9 Å². The van der Waals surface area contributed by atoms with Crippen LogP contribution in [0, 0.1) is 0 Å². The third-order valence-corrected chi connectivity index (χ3v) is 5.95. The number of thiophene rings is 1. The molecule has 0 unspecified atom stereocenters. The lowest BCUT2D eigenvalue weighted by Gasteiger charge is -2.00. The number of furan rings is 1. The van der Waals surface area contributed by atoms with Crippen molar-refractivity contribution in [3.63, 3.8) is 0 Å². The molecule has 1 aromatic carbocycles. The number of nitrogens with zero attached hydrogens (tertiary/aromatic N) is 1. The molecule has 0 aliphatic heterocycles. The van der Waals surface area contributed by atoms with Crippen LogP contribution >= 0.6 is 22.7 Å². The lowest BCUT2D eigenvalue weighted by Crippen LogP contribution is -2.10. The van der Waals surface area contributed by atoms with E-state index in [1.54, 1.807) is 24.3 Å². The first-order valence-corrected chi connectivity index (χ1v) is 10.6. The van der Waals surface area contributed by atoms with Crippen LogP contribution in [0.3, 0.4) is 0 Å². The zero-order chi connectivity index (χ0) is 20.2. The Labute approximate surface area is 175 Å². The molecule has 8 heteroatoms. The first-order chi connectivity index (χ1) is 14.1. The highest BCUT2D eigenvalue weighted by Gasteiger charge is 2.15. The van der Waals surface area contributed by atoms with E-state index in [0.29, 0.717) is 15.0 Å². The van der Waals surface area contributed by atoms with Crippen molar-refractivity contribution in [2.45, 2.75) is 13.3 Å². The molecule has 0 aliphatic carbocycles. The van der Waals surface area contributed by atoms with Crippen LogP contribution in [-0.2, 0) is 6.42 Å². The Hall–Kier alpha value is -3.23. The maximum absolute atomic E-state index is 12.5. The van der Waals surface area contributed by atoms with E-state index < -0.39 is 0 Å². The van der Waals surface area contributed by atoms with E-state index in [-0.39, 0.29) is 17.6 Å². The number of benzene rings is 1. The molecule has 0 saturated carbocycles. The molecule has 146 valence electrons. The highest BCUT2D eigenvalue weighted by molar-refractivity contribution is 7.18. The second kappa shape index (κ2) is 8.42. The van der Waals surface area contributed by atoms with Crippen LogP contribution in [0.4, 0.5) is 10.1 Å². The van der Waals surface area contributed by atoms with Gasteiger partial charge in [-0.1, -0.05) is 31.2 Å². The van der Waals surface area contributed by atoms with Crippen LogP contribution in [0.15, 0.2) is 64.6 Å². The molecular formula is C21H17N3O3S2. The van der Waals surface area contributed by atoms with Gasteiger partial charge in [-0.25, -0.2) is 4.98 Å². The van der Waals surface area contributed by atoms with E-state index in [2.05, 4.69) is 34.7 Å². The maximum Gasteiger partial charge on any atom is 0.291 e. The predicted octanol–water partition coefficient (Wildman–Crippen LogP) is 5.53. The van der Waals surface area contributed by atoms with Gasteiger partial charge in [-0.05, 0) is 36.2 Å². The van der Waals surface area contributed by atoms with E-state index in [1.165, 1.54) is 34.5 Å². The fourth-order valence-electron chi connectivity index (χ4n) is 2.64. The number of aryl methyl sites for hydroxylation is 1. The molecule has 0 atom stereocenters. The molecule has 4 rings (SSSR count). The molecule has 0 radical (unpaired) electrons. The minimum Gasteiger partial charge on any atom is -0.459 e. The summed E-state index contributed by atoms with van der Waals surface area (Å²) in [4.78, 5) is 29.5. The second-order valence-electron chi connectivity index (χ2n) is 6.14. The molecule has 6 nitrogen and oxygen atoms in total. The third-order valence-electron chi connectivity index (χ3n) is 4.19. The van der Waals surface area contributed by atoms with E-state index in [0.717, 1.165) is 17.7 Å². The van der Waals surface area contributed by atoms with Gasteiger partial charge in [-0.15, -0.1) is 22.7 Å². The predicted molar refractivity (Wildman–Crippen MR) is 116 cm³/mol. The normalized spacial score (nSPS) is 10.7. The number of anilines is 2. The quantitative estimate of drug-likeness (QED) is 0.427. The number of nitrogens with one attached hydrogen (secondary N) is 2. The summed E-state index contributed by atoms with van der Waals surface area (Å²) in [5, 5.41) is 8.53. The number of hydrogen-bond donors (Lipinski definition) is 2. The van der Waals surface area contributed by atoms with Crippen LogP contribution < -0.4 is 10.6 Å². The summed E-state index contributed by atoms with van der Waals surface area (Å²) in [7, 11) is 0. The summed E-state index contributed by atoms with van der Waals surface area (Å²) < 4.78 is 5.06. The van der Waals surface area contributed by atoms with Crippen molar-refractivity contribution in [3.05, 3.63) is 76.4 Å². The van der Waals surface area contributed by atoms with E-state index in [4.69, 9.17) is 4.42 Å². The zero-order valence-corrected chi connectivity index (χ0v) is 17.1. The highest BCUT2D eigenvalue weighted by atomic mass is 32.1. The molecule has 0 spiro atoms. The van der Waals surface area contributed by atoms with Gasteiger partial charge in [0.05, 0.1) is 21.8 Å². The summed E-state index contributed by atoms with van der Waals surface area (Å²) in [6, 6.07) is 14.8. The lowest BCUT2D eigenvalue weighted by molar-refractivity contribution is 0.0995. The molecular weight excluding hydrogens is 406 g/mol. The van der Waals surface area contributed by atoms with Gasteiger partial charge in [0.2, 0.25) is 0 Å². The Balaban J connectivity index is 1.40. The smallest absolute Gasteiger partial charge is 0.291 e. The minimum absolute atomic E-state index is 0.215. The first-order valence-electron chi connectivity index (χ1n) is 8.93. The lowest BCUT2D eigenvalue weighted by atomic mass is 10.1. The van der Waals surface area contributed by atoms with Crippen LogP contribution in [-0.4, -0.2) is 16.8 Å². The molecule has 2 N–H and O–H groups in total. The zero-order valence-electron chi connectivity index (χ0n) is 15.5. The van der Waals surface area contributed by atoms with Gasteiger partial charge in [-0.2, -0.15) is 0 Å². The standard InChI is InChI=1S/C21H17N3O3S2/c1-2-13-5-7-14(8-6-13)15-12-28-21(22-15)24-20(26)17-9-10-18(29-17)23-19(25)16-4-3-11-27-16/h3-12H,2H2,1H3,(H,23,25)(H,22,24,26). The summed E-state index contributed by atoms with van der Waals surface area (Å²) in [6.45, 7) is 2.11. The van der Waals surface area contributed by atoms with Gasteiger partial charge < -0.3 is 9.73 Å². The maximum atomic E-state index is 12.5. The number of amides is 2. The molecule has 3 aromatic heterocycles. The summed E-state index contributed by atoms with van der Waals surface area (Å²) in [6.07, 6.45) is 2.42. The van der Waals surface area contributed by atoms with Crippen molar-refractivity contribution in [2.75, 3.05) is 10.6 Å². The summed E-state index contributed by atoms with van der Waals surface area (Å²) >= 11 is 2.56. The topological polar surface area (TPSA) is 84.2 Å². The highest BCUT2D eigenvalue weighted by Crippen LogP contribution is 2.27. The number of carbonyl (C=O) groups is 2. The van der Waals surface area contributed by atoms with Crippen molar-refractivity contribution >= 4 is 44.6 Å². The Morgan fingerprint density at radius 3 is 2.59 bits per heavy atom. The van der Waals surface area contributed by atoms with Gasteiger partial charge in [-0.3, -0.25) is 14.9 Å².